The normalized spacial score (nSPS) is 23.8. The van der Waals surface area contributed by atoms with Gasteiger partial charge in [-0.1, -0.05) is 13.8 Å². The van der Waals surface area contributed by atoms with Crippen LogP contribution in [-0.2, 0) is 4.74 Å². The largest absolute Gasteiger partial charge is 0.495 e. The van der Waals surface area contributed by atoms with Crippen LogP contribution in [0.1, 0.15) is 44.8 Å². The average molecular weight is 278 g/mol. The lowest BCUT2D eigenvalue weighted by Gasteiger charge is -2.28. The number of pyridine rings is 1. The molecule has 4 nitrogen and oxygen atoms in total. The number of aromatic nitrogens is 1. The first-order valence-electron chi connectivity index (χ1n) is 7.65. The van der Waals surface area contributed by atoms with Crippen LogP contribution in [0.15, 0.2) is 18.3 Å². The Hall–Kier alpha value is -1.13. The van der Waals surface area contributed by atoms with E-state index in [1.807, 2.05) is 18.3 Å². The first-order valence-corrected chi connectivity index (χ1v) is 7.65. The Labute approximate surface area is 121 Å². The van der Waals surface area contributed by atoms with E-state index in [-0.39, 0.29) is 6.04 Å². The molecule has 0 amide bonds. The van der Waals surface area contributed by atoms with Crippen molar-refractivity contribution < 1.29 is 9.47 Å². The molecule has 1 aliphatic heterocycles. The van der Waals surface area contributed by atoms with E-state index in [9.17, 15) is 0 Å². The molecule has 1 aromatic rings. The van der Waals surface area contributed by atoms with E-state index in [0.29, 0.717) is 12.0 Å². The molecular formula is C16H26N2O2. The smallest absolute Gasteiger partial charge is 0.141 e. The second-order valence-corrected chi connectivity index (χ2v) is 5.29. The topological polar surface area (TPSA) is 43.4 Å². The first-order chi connectivity index (χ1) is 9.81. The van der Waals surface area contributed by atoms with Gasteiger partial charge in [-0.15, -0.1) is 0 Å². The van der Waals surface area contributed by atoms with Gasteiger partial charge in [0.2, 0.25) is 0 Å². The number of nitrogens with zero attached hydrogens (tertiary/aromatic N) is 1. The fourth-order valence-corrected chi connectivity index (χ4v) is 3.03. The summed E-state index contributed by atoms with van der Waals surface area (Å²) in [6.07, 6.45) is 5.39. The monoisotopic (exact) mass is 278 g/mol. The predicted octanol–water partition coefficient (Wildman–Crippen LogP) is 2.95. The summed E-state index contributed by atoms with van der Waals surface area (Å²) in [5, 5.41) is 3.64. The van der Waals surface area contributed by atoms with Gasteiger partial charge in [-0.2, -0.15) is 0 Å². The molecule has 1 fully saturated rings. The molecular weight excluding hydrogens is 252 g/mol. The maximum Gasteiger partial charge on any atom is 0.141 e. The van der Waals surface area contributed by atoms with Crippen LogP contribution >= 0.6 is 0 Å². The van der Waals surface area contributed by atoms with Crippen molar-refractivity contribution in [3.8, 4) is 5.75 Å². The first kappa shape index (κ1) is 15.3. The zero-order chi connectivity index (χ0) is 14.4. The van der Waals surface area contributed by atoms with Crippen molar-refractivity contribution in [1.29, 1.82) is 0 Å². The molecule has 3 unspecified atom stereocenters. The van der Waals surface area contributed by atoms with Crippen molar-refractivity contribution in [2.45, 2.75) is 45.3 Å². The minimum atomic E-state index is 0.207. The summed E-state index contributed by atoms with van der Waals surface area (Å²) in [4.78, 5) is 4.57. The SMILES string of the molecule is CCCNC(c1ncccc1OC)C1CCOC1CC. The molecule has 1 saturated heterocycles. The summed E-state index contributed by atoms with van der Waals surface area (Å²) in [7, 11) is 1.71. The molecule has 2 rings (SSSR count). The van der Waals surface area contributed by atoms with Crippen molar-refractivity contribution >= 4 is 0 Å². The lowest BCUT2D eigenvalue weighted by molar-refractivity contribution is 0.0766. The van der Waals surface area contributed by atoms with Crippen LogP contribution in [0.25, 0.3) is 0 Å². The highest BCUT2D eigenvalue weighted by atomic mass is 16.5. The van der Waals surface area contributed by atoms with Gasteiger partial charge in [0.25, 0.3) is 0 Å². The Bertz CT molecular complexity index is 411. The van der Waals surface area contributed by atoms with Crippen LogP contribution in [0.2, 0.25) is 0 Å². The minimum absolute atomic E-state index is 0.207. The molecule has 1 aliphatic rings. The standard InChI is InChI=1S/C16H26N2O2/c1-4-9-17-15(12-8-11-20-13(12)5-2)16-14(19-3)7-6-10-18-16/h6-7,10,12-13,15,17H,4-5,8-9,11H2,1-3H3. The quantitative estimate of drug-likeness (QED) is 0.833. The number of ether oxygens (including phenoxy) is 2. The third-order valence-electron chi connectivity index (χ3n) is 4.02. The van der Waals surface area contributed by atoms with E-state index in [4.69, 9.17) is 9.47 Å². The molecule has 0 saturated carbocycles. The molecule has 3 atom stereocenters. The highest BCUT2D eigenvalue weighted by Gasteiger charge is 2.36. The van der Waals surface area contributed by atoms with E-state index >= 15 is 0 Å². The van der Waals surface area contributed by atoms with Gasteiger partial charge in [-0.3, -0.25) is 4.98 Å². The van der Waals surface area contributed by atoms with Crippen molar-refractivity contribution in [3.63, 3.8) is 0 Å². The minimum Gasteiger partial charge on any atom is -0.495 e. The van der Waals surface area contributed by atoms with E-state index in [1.165, 1.54) is 0 Å². The molecule has 4 heteroatoms. The summed E-state index contributed by atoms with van der Waals surface area (Å²) in [5.74, 6) is 1.33. The number of methoxy groups -OCH3 is 1. The third-order valence-corrected chi connectivity index (χ3v) is 4.02. The Morgan fingerprint density at radius 3 is 3.05 bits per heavy atom. The molecule has 0 aliphatic carbocycles. The highest BCUT2D eigenvalue weighted by Crippen LogP contribution is 2.37. The zero-order valence-corrected chi connectivity index (χ0v) is 12.8. The lowest BCUT2D eigenvalue weighted by atomic mass is 9.88. The van der Waals surface area contributed by atoms with Crippen molar-refractivity contribution in [3.05, 3.63) is 24.0 Å². The van der Waals surface area contributed by atoms with Gasteiger partial charge < -0.3 is 14.8 Å². The van der Waals surface area contributed by atoms with E-state index in [1.54, 1.807) is 7.11 Å². The molecule has 0 bridgehead atoms. The maximum absolute atomic E-state index is 5.86. The van der Waals surface area contributed by atoms with Gasteiger partial charge >= 0.3 is 0 Å². The summed E-state index contributed by atoms with van der Waals surface area (Å²) in [6.45, 7) is 6.21. The number of rotatable bonds is 7. The van der Waals surface area contributed by atoms with E-state index < -0.39 is 0 Å². The fraction of sp³-hybridized carbons (Fsp3) is 0.688. The molecule has 0 aromatic carbocycles. The molecule has 20 heavy (non-hydrogen) atoms. The van der Waals surface area contributed by atoms with Crippen LogP contribution < -0.4 is 10.1 Å². The summed E-state index contributed by atoms with van der Waals surface area (Å²) >= 11 is 0. The fourth-order valence-electron chi connectivity index (χ4n) is 3.03. The molecule has 0 spiro atoms. The average Bonchev–Trinajstić information content (AvgIpc) is 2.96. The summed E-state index contributed by atoms with van der Waals surface area (Å²) in [6, 6.07) is 4.11. The van der Waals surface area contributed by atoms with Crippen LogP contribution in [0.4, 0.5) is 0 Å². The second kappa shape index (κ2) is 7.60. The Morgan fingerprint density at radius 2 is 2.35 bits per heavy atom. The zero-order valence-electron chi connectivity index (χ0n) is 12.8. The number of hydrogen-bond donors (Lipinski definition) is 1. The molecule has 1 aromatic heterocycles. The second-order valence-electron chi connectivity index (χ2n) is 5.29. The van der Waals surface area contributed by atoms with Gasteiger partial charge in [-0.25, -0.2) is 0 Å². The molecule has 1 N–H and O–H groups in total. The highest BCUT2D eigenvalue weighted by molar-refractivity contribution is 5.30. The van der Waals surface area contributed by atoms with Crippen molar-refractivity contribution in [1.82, 2.24) is 10.3 Å². The van der Waals surface area contributed by atoms with Crippen LogP contribution in [0.3, 0.4) is 0 Å². The van der Waals surface area contributed by atoms with E-state index in [0.717, 1.165) is 43.9 Å². The Morgan fingerprint density at radius 1 is 1.50 bits per heavy atom. The molecule has 112 valence electrons. The number of nitrogens with one attached hydrogen (secondary N) is 1. The van der Waals surface area contributed by atoms with Crippen molar-refractivity contribution in [2.75, 3.05) is 20.3 Å². The molecule has 2 heterocycles. The third kappa shape index (κ3) is 3.30. The van der Waals surface area contributed by atoms with Gasteiger partial charge in [0.15, 0.2) is 0 Å². The number of hydrogen-bond acceptors (Lipinski definition) is 4. The van der Waals surface area contributed by atoms with Crippen molar-refractivity contribution in [2.24, 2.45) is 5.92 Å². The van der Waals surface area contributed by atoms with Crippen LogP contribution in [0.5, 0.6) is 5.75 Å². The van der Waals surface area contributed by atoms with Crippen LogP contribution in [0, 0.1) is 5.92 Å². The summed E-state index contributed by atoms with van der Waals surface area (Å²) in [5.41, 5.74) is 1.01. The maximum atomic E-state index is 5.86. The lowest BCUT2D eigenvalue weighted by Crippen LogP contribution is -2.34. The van der Waals surface area contributed by atoms with Gasteiger partial charge in [0, 0.05) is 18.7 Å². The van der Waals surface area contributed by atoms with Gasteiger partial charge in [0.05, 0.1) is 24.9 Å². The van der Waals surface area contributed by atoms with E-state index in [2.05, 4.69) is 24.1 Å². The Balaban J connectivity index is 2.26. The summed E-state index contributed by atoms with van der Waals surface area (Å²) < 4.78 is 11.4. The van der Waals surface area contributed by atoms with Crippen LogP contribution in [-0.4, -0.2) is 31.3 Å². The predicted molar refractivity (Wildman–Crippen MR) is 80.0 cm³/mol. The van der Waals surface area contributed by atoms with Gasteiger partial charge in [-0.05, 0) is 37.9 Å². The molecule has 0 radical (unpaired) electrons. The van der Waals surface area contributed by atoms with Gasteiger partial charge in [0.1, 0.15) is 5.75 Å². The Kier molecular flexibility index (Phi) is 5.80.